The zero-order chi connectivity index (χ0) is 17.9. The molecule has 25 heavy (non-hydrogen) atoms. The fourth-order valence-corrected chi connectivity index (χ4v) is 4.65. The van der Waals surface area contributed by atoms with Gasteiger partial charge < -0.3 is 5.32 Å². The predicted molar refractivity (Wildman–Crippen MR) is 97.1 cm³/mol. The number of hydrogen-bond acceptors (Lipinski definition) is 3. The molecule has 3 rings (SSSR count). The van der Waals surface area contributed by atoms with E-state index in [0.29, 0.717) is 36.5 Å². The number of piperidine rings is 1. The zero-order valence-corrected chi connectivity index (χ0v) is 15.1. The van der Waals surface area contributed by atoms with E-state index in [-0.39, 0.29) is 16.8 Å². The van der Waals surface area contributed by atoms with Crippen LogP contribution < -0.4 is 5.32 Å². The van der Waals surface area contributed by atoms with Crippen LogP contribution in [0.3, 0.4) is 0 Å². The minimum Gasteiger partial charge on any atom is -0.349 e. The molecule has 0 bridgehead atoms. The Bertz CT molecular complexity index is 848. The van der Waals surface area contributed by atoms with Crippen LogP contribution in [0.2, 0.25) is 5.02 Å². The van der Waals surface area contributed by atoms with E-state index >= 15 is 0 Å². The fourth-order valence-electron chi connectivity index (χ4n) is 2.88. The third kappa shape index (κ3) is 4.21. The van der Waals surface area contributed by atoms with Crippen molar-refractivity contribution >= 4 is 27.5 Å². The van der Waals surface area contributed by atoms with Crippen LogP contribution in [0, 0.1) is 0 Å². The van der Waals surface area contributed by atoms with Crippen LogP contribution in [0.25, 0.3) is 0 Å². The van der Waals surface area contributed by atoms with Crippen molar-refractivity contribution in [3.63, 3.8) is 0 Å². The Morgan fingerprint density at radius 1 is 1.04 bits per heavy atom. The maximum Gasteiger partial charge on any atom is 0.251 e. The third-order valence-corrected chi connectivity index (χ3v) is 6.39. The van der Waals surface area contributed by atoms with E-state index in [0.717, 1.165) is 0 Å². The van der Waals surface area contributed by atoms with Crippen molar-refractivity contribution in [2.24, 2.45) is 0 Å². The van der Waals surface area contributed by atoms with E-state index in [9.17, 15) is 13.2 Å². The Morgan fingerprint density at radius 3 is 2.36 bits per heavy atom. The average molecular weight is 379 g/mol. The summed E-state index contributed by atoms with van der Waals surface area (Å²) in [5.41, 5.74) is 0.608. The van der Waals surface area contributed by atoms with Gasteiger partial charge in [-0.05, 0) is 43.2 Å². The summed E-state index contributed by atoms with van der Waals surface area (Å²) >= 11 is 5.90. The second kappa shape index (κ2) is 7.56. The van der Waals surface area contributed by atoms with E-state index in [4.69, 9.17) is 11.6 Å². The van der Waals surface area contributed by atoms with E-state index in [1.807, 2.05) is 18.2 Å². The lowest BCUT2D eigenvalue weighted by Crippen LogP contribution is -2.46. The molecule has 0 unspecified atom stereocenters. The van der Waals surface area contributed by atoms with Gasteiger partial charge in [0.2, 0.25) is 10.0 Å². The van der Waals surface area contributed by atoms with Gasteiger partial charge >= 0.3 is 0 Å². The molecule has 1 saturated heterocycles. The Balaban J connectivity index is 1.61. The zero-order valence-electron chi connectivity index (χ0n) is 13.6. The molecule has 1 heterocycles. The molecular formula is C18H19ClN2O3S. The fraction of sp³-hybridized carbons (Fsp3) is 0.278. The summed E-state index contributed by atoms with van der Waals surface area (Å²) in [6.45, 7) is 0.739. The minimum absolute atomic E-state index is 0.0292. The van der Waals surface area contributed by atoms with Gasteiger partial charge in [0.15, 0.2) is 0 Å². The highest BCUT2D eigenvalue weighted by Gasteiger charge is 2.30. The van der Waals surface area contributed by atoms with Gasteiger partial charge in [-0.15, -0.1) is 0 Å². The first-order valence-electron chi connectivity index (χ1n) is 8.08. The molecule has 2 aromatic rings. The van der Waals surface area contributed by atoms with Crippen molar-refractivity contribution in [3.05, 3.63) is 65.2 Å². The Hall–Kier alpha value is -1.89. The molecule has 0 saturated carbocycles. The average Bonchev–Trinajstić information content (AvgIpc) is 2.63. The number of amides is 1. The van der Waals surface area contributed by atoms with Crippen LogP contribution in [0.4, 0.5) is 0 Å². The summed E-state index contributed by atoms with van der Waals surface area (Å²) in [4.78, 5) is 12.4. The number of carbonyl (C=O) groups excluding carboxylic acids is 1. The standard InChI is InChI=1S/C18H19ClN2O3S/c19-15-7-4-8-17(13-15)25(23,24)21-11-9-16(10-12-21)20-18(22)14-5-2-1-3-6-14/h1-8,13,16H,9-12H2,(H,20,22). The molecule has 1 aliphatic rings. The molecule has 1 amide bonds. The second-order valence-corrected chi connectivity index (χ2v) is 8.35. The smallest absolute Gasteiger partial charge is 0.251 e. The molecule has 132 valence electrons. The van der Waals surface area contributed by atoms with Crippen molar-refractivity contribution < 1.29 is 13.2 Å². The number of benzene rings is 2. The number of halogens is 1. The Kier molecular flexibility index (Phi) is 5.42. The molecule has 0 aromatic heterocycles. The number of nitrogens with one attached hydrogen (secondary N) is 1. The quantitative estimate of drug-likeness (QED) is 0.889. The third-order valence-electron chi connectivity index (χ3n) is 4.26. The maximum absolute atomic E-state index is 12.7. The van der Waals surface area contributed by atoms with Crippen LogP contribution in [0.1, 0.15) is 23.2 Å². The minimum atomic E-state index is -3.55. The lowest BCUT2D eigenvalue weighted by molar-refractivity contribution is 0.0924. The second-order valence-electron chi connectivity index (χ2n) is 5.98. The van der Waals surface area contributed by atoms with Gasteiger partial charge in [0.25, 0.3) is 5.91 Å². The largest absolute Gasteiger partial charge is 0.349 e. The maximum atomic E-state index is 12.7. The topological polar surface area (TPSA) is 66.5 Å². The normalized spacial score (nSPS) is 16.5. The number of carbonyl (C=O) groups is 1. The first-order valence-corrected chi connectivity index (χ1v) is 9.90. The van der Waals surface area contributed by atoms with Crippen LogP contribution in [-0.2, 0) is 10.0 Å². The van der Waals surface area contributed by atoms with Crippen molar-refractivity contribution in [2.45, 2.75) is 23.8 Å². The highest BCUT2D eigenvalue weighted by molar-refractivity contribution is 7.89. The van der Waals surface area contributed by atoms with Crippen LogP contribution in [-0.4, -0.2) is 37.8 Å². The summed E-state index contributed by atoms with van der Waals surface area (Å²) < 4.78 is 26.8. The van der Waals surface area contributed by atoms with Gasteiger partial charge in [0.05, 0.1) is 4.90 Å². The van der Waals surface area contributed by atoms with Crippen LogP contribution in [0.15, 0.2) is 59.5 Å². The van der Waals surface area contributed by atoms with Gasteiger partial charge in [-0.2, -0.15) is 4.31 Å². The monoisotopic (exact) mass is 378 g/mol. The van der Waals surface area contributed by atoms with Crippen LogP contribution >= 0.6 is 11.6 Å². The van der Waals surface area contributed by atoms with E-state index in [1.165, 1.54) is 10.4 Å². The predicted octanol–water partition coefficient (Wildman–Crippen LogP) is 2.92. The first-order chi connectivity index (χ1) is 12.0. The van der Waals surface area contributed by atoms with Gasteiger partial charge in [0, 0.05) is 29.7 Å². The molecule has 0 aliphatic carbocycles. The molecule has 1 N–H and O–H groups in total. The van der Waals surface area contributed by atoms with Gasteiger partial charge in [0.1, 0.15) is 0 Å². The molecule has 5 nitrogen and oxygen atoms in total. The van der Waals surface area contributed by atoms with Gasteiger partial charge in [-0.1, -0.05) is 35.9 Å². The Morgan fingerprint density at radius 2 is 1.72 bits per heavy atom. The highest BCUT2D eigenvalue weighted by Crippen LogP contribution is 2.23. The number of sulfonamides is 1. The van der Waals surface area contributed by atoms with Crippen molar-refractivity contribution in [2.75, 3.05) is 13.1 Å². The van der Waals surface area contributed by atoms with Crippen LogP contribution in [0.5, 0.6) is 0 Å². The first kappa shape index (κ1) is 17.9. The molecule has 1 fully saturated rings. The summed E-state index contributed by atoms with van der Waals surface area (Å²) in [5, 5.41) is 3.37. The number of hydrogen-bond donors (Lipinski definition) is 1. The lowest BCUT2D eigenvalue weighted by atomic mass is 10.1. The number of nitrogens with zero attached hydrogens (tertiary/aromatic N) is 1. The van der Waals surface area contributed by atoms with Gasteiger partial charge in [-0.3, -0.25) is 4.79 Å². The molecular weight excluding hydrogens is 360 g/mol. The molecule has 2 aromatic carbocycles. The number of rotatable bonds is 4. The van der Waals surface area contributed by atoms with Crippen molar-refractivity contribution in [1.82, 2.24) is 9.62 Å². The van der Waals surface area contributed by atoms with Crippen molar-refractivity contribution in [1.29, 1.82) is 0 Å². The molecule has 1 aliphatic heterocycles. The summed E-state index contributed by atoms with van der Waals surface area (Å²) in [6, 6.07) is 15.2. The van der Waals surface area contributed by atoms with Gasteiger partial charge in [-0.25, -0.2) is 8.42 Å². The molecule has 0 radical (unpaired) electrons. The van der Waals surface area contributed by atoms with E-state index in [2.05, 4.69) is 5.32 Å². The summed E-state index contributed by atoms with van der Waals surface area (Å²) in [6.07, 6.45) is 1.16. The summed E-state index contributed by atoms with van der Waals surface area (Å²) in [7, 11) is -3.55. The highest BCUT2D eigenvalue weighted by atomic mass is 35.5. The van der Waals surface area contributed by atoms with Crippen molar-refractivity contribution in [3.8, 4) is 0 Å². The molecule has 0 atom stereocenters. The summed E-state index contributed by atoms with van der Waals surface area (Å²) in [5.74, 6) is -0.128. The molecule has 7 heteroatoms. The SMILES string of the molecule is O=C(NC1CCN(S(=O)(=O)c2cccc(Cl)c2)CC1)c1ccccc1. The molecule has 0 spiro atoms. The van der Waals surface area contributed by atoms with E-state index in [1.54, 1.807) is 30.3 Å². The lowest BCUT2D eigenvalue weighted by Gasteiger charge is -2.31. The van der Waals surface area contributed by atoms with E-state index < -0.39 is 10.0 Å². The Labute approximate surface area is 152 Å².